The van der Waals surface area contributed by atoms with Crippen molar-refractivity contribution in [1.82, 2.24) is 0 Å². The van der Waals surface area contributed by atoms with Crippen LogP contribution in [0.5, 0.6) is 0 Å². The molecule has 6 aromatic rings. The Kier molecular flexibility index (Phi) is 10.2. The van der Waals surface area contributed by atoms with Crippen LogP contribution in [0.4, 0.5) is 0 Å². The molecule has 0 radical (unpaired) electrons. The summed E-state index contributed by atoms with van der Waals surface area (Å²) in [6, 6.07) is 49.1. The lowest BCUT2D eigenvalue weighted by Crippen LogP contribution is -2.19. The predicted molar refractivity (Wildman–Crippen MR) is 216 cm³/mol. The number of aliphatic imine (C=N–C) groups is 1. The molecule has 7 rings (SSSR count). The van der Waals surface area contributed by atoms with Crippen LogP contribution in [0.1, 0.15) is 46.9 Å². The molecule has 3 heteroatoms. The molecule has 1 aliphatic carbocycles. The molecule has 2 nitrogen and oxygen atoms in total. The number of hydrogen-bond acceptors (Lipinski definition) is 2. The normalized spacial score (nSPS) is 13.5. The number of thiophene rings is 1. The van der Waals surface area contributed by atoms with Crippen LogP contribution in [-0.4, -0.2) is 5.84 Å². The second-order valence-corrected chi connectivity index (χ2v) is 13.5. The zero-order valence-electron chi connectivity index (χ0n) is 28.3. The Bertz CT molecular complexity index is 2300. The molecule has 0 atom stereocenters. The van der Waals surface area contributed by atoms with E-state index < -0.39 is 0 Å². The average molecular weight is 665 g/mol. The van der Waals surface area contributed by atoms with Crippen LogP contribution in [0.3, 0.4) is 0 Å². The number of nitrogens with zero attached hydrogens (tertiary/aromatic N) is 1. The molecule has 1 heterocycles. The summed E-state index contributed by atoms with van der Waals surface area (Å²) in [5.41, 5.74) is 17.7. The van der Waals surface area contributed by atoms with E-state index in [9.17, 15) is 0 Å². The number of rotatable bonds is 10. The summed E-state index contributed by atoms with van der Waals surface area (Å²) in [5.74, 6) is 0.501. The van der Waals surface area contributed by atoms with Crippen LogP contribution in [0.25, 0.3) is 45.7 Å². The fourth-order valence-electron chi connectivity index (χ4n) is 6.28. The number of hydrogen-bond donors (Lipinski definition) is 1. The maximum absolute atomic E-state index is 6.53. The van der Waals surface area contributed by atoms with Crippen molar-refractivity contribution in [2.45, 2.75) is 26.2 Å². The van der Waals surface area contributed by atoms with E-state index in [1.165, 1.54) is 42.5 Å². The van der Waals surface area contributed by atoms with Gasteiger partial charge >= 0.3 is 0 Å². The van der Waals surface area contributed by atoms with Gasteiger partial charge in [0.2, 0.25) is 0 Å². The summed E-state index contributed by atoms with van der Waals surface area (Å²) in [6.45, 7) is 2.07. The van der Waals surface area contributed by atoms with E-state index in [-0.39, 0.29) is 0 Å². The zero-order valence-corrected chi connectivity index (χ0v) is 29.1. The lowest BCUT2D eigenvalue weighted by atomic mass is 9.95. The predicted octanol–water partition coefficient (Wildman–Crippen LogP) is 10.4. The third-order valence-corrected chi connectivity index (χ3v) is 10.1. The summed E-state index contributed by atoms with van der Waals surface area (Å²) >= 11 is 1.89. The van der Waals surface area contributed by atoms with Crippen LogP contribution in [-0.2, 0) is 6.42 Å². The van der Waals surface area contributed by atoms with Crippen molar-refractivity contribution in [2.75, 3.05) is 0 Å². The molecule has 0 bridgehead atoms. The highest BCUT2D eigenvalue weighted by molar-refractivity contribution is 7.11. The molecule has 2 N–H and O–H groups in total. The highest BCUT2D eigenvalue weighted by atomic mass is 32.1. The number of allylic oxidation sites excluding steroid dienone is 4. The van der Waals surface area contributed by atoms with Crippen LogP contribution in [0.15, 0.2) is 169 Å². The van der Waals surface area contributed by atoms with Crippen molar-refractivity contribution in [3.63, 3.8) is 0 Å². The van der Waals surface area contributed by atoms with Crippen molar-refractivity contribution >= 4 is 40.6 Å². The number of amidine groups is 1. The van der Waals surface area contributed by atoms with E-state index in [1.807, 2.05) is 47.7 Å². The van der Waals surface area contributed by atoms with Gasteiger partial charge in [-0.15, -0.1) is 11.3 Å². The van der Waals surface area contributed by atoms with Gasteiger partial charge in [0.05, 0.1) is 5.70 Å². The molecule has 0 aliphatic heterocycles. The SMILES string of the molecule is C/C=C\C=C(\c1cccc(-c2ccc(-c3cccc(/C(=C/Cc4ccccc4)N=C(N)c4ccccc4)c3)cc2)c1)c1cc2c(s1)=CCCC=2. The lowest BCUT2D eigenvalue weighted by molar-refractivity contribution is 1.13. The summed E-state index contributed by atoms with van der Waals surface area (Å²) in [4.78, 5) is 6.25. The number of fused-ring (bicyclic) bond motifs is 1. The highest BCUT2D eigenvalue weighted by Crippen LogP contribution is 2.31. The Morgan fingerprint density at radius 2 is 1.28 bits per heavy atom. The van der Waals surface area contributed by atoms with Crippen LogP contribution < -0.4 is 15.5 Å². The first-order valence-corrected chi connectivity index (χ1v) is 18.1. The van der Waals surface area contributed by atoms with Gasteiger partial charge in [-0.3, -0.25) is 0 Å². The van der Waals surface area contributed by atoms with Gasteiger partial charge in [-0.05, 0) is 88.6 Å². The Balaban J connectivity index is 1.18. The van der Waals surface area contributed by atoms with E-state index in [0.717, 1.165) is 47.2 Å². The van der Waals surface area contributed by atoms with Crippen molar-refractivity contribution in [2.24, 2.45) is 10.7 Å². The third-order valence-electron chi connectivity index (χ3n) is 8.94. The first-order chi connectivity index (χ1) is 24.6. The van der Waals surface area contributed by atoms with E-state index in [4.69, 9.17) is 10.7 Å². The van der Waals surface area contributed by atoms with Gasteiger partial charge in [0.15, 0.2) is 0 Å². The second kappa shape index (κ2) is 15.6. The van der Waals surface area contributed by atoms with Crippen molar-refractivity contribution in [1.29, 1.82) is 0 Å². The van der Waals surface area contributed by atoms with Gasteiger partial charge in [-0.25, -0.2) is 4.99 Å². The molecule has 0 saturated heterocycles. The standard InChI is InChI=1S/C47H40N2S/c1-2-3-23-43(46-33-42-18-10-11-24-45(42)50-46)40-21-12-19-38(31-40)35-26-28-36(29-27-35)39-20-13-22-41(32-39)44(30-25-34-14-6-4-7-15-34)49-47(48)37-16-8-5-9-17-37/h2-9,12-24,26-33H,10-11,25H2,1H3,(H2,48,49)/b3-2-,43-23-,44-30-. The summed E-state index contributed by atoms with van der Waals surface area (Å²) in [5, 5.41) is 1.36. The fraction of sp³-hybridized carbons (Fsp3) is 0.0851. The average Bonchev–Trinajstić information content (AvgIpc) is 3.61. The van der Waals surface area contributed by atoms with E-state index in [2.05, 4.69) is 147 Å². The first kappa shape index (κ1) is 32.8. The van der Waals surface area contributed by atoms with Gasteiger partial charge in [0, 0.05) is 20.5 Å². The van der Waals surface area contributed by atoms with Gasteiger partial charge in [-0.1, -0.05) is 158 Å². The minimum atomic E-state index is 0.501. The lowest BCUT2D eigenvalue weighted by Gasteiger charge is -2.11. The van der Waals surface area contributed by atoms with E-state index >= 15 is 0 Å². The minimum absolute atomic E-state index is 0.501. The second-order valence-electron chi connectivity index (χ2n) is 12.4. The number of benzene rings is 5. The van der Waals surface area contributed by atoms with Crippen LogP contribution in [0.2, 0.25) is 0 Å². The molecule has 0 amide bonds. The number of nitrogens with two attached hydrogens (primary N) is 1. The molecule has 1 aromatic heterocycles. The van der Waals surface area contributed by atoms with Gasteiger partial charge in [0.1, 0.15) is 5.84 Å². The quantitative estimate of drug-likeness (QED) is 0.0884. The van der Waals surface area contributed by atoms with E-state index in [0.29, 0.717) is 5.84 Å². The monoisotopic (exact) mass is 664 g/mol. The molecule has 0 spiro atoms. The van der Waals surface area contributed by atoms with E-state index in [1.54, 1.807) is 0 Å². The Hall–Kier alpha value is -5.77. The molecule has 244 valence electrons. The molecule has 1 aliphatic rings. The third kappa shape index (κ3) is 7.75. The maximum Gasteiger partial charge on any atom is 0.131 e. The Morgan fingerprint density at radius 3 is 1.96 bits per heavy atom. The Labute approximate surface area is 299 Å². The van der Waals surface area contributed by atoms with Crippen LogP contribution in [0, 0.1) is 0 Å². The molecule has 50 heavy (non-hydrogen) atoms. The summed E-state index contributed by atoms with van der Waals surface area (Å²) in [7, 11) is 0. The fourth-order valence-corrected chi connectivity index (χ4v) is 7.46. The van der Waals surface area contributed by atoms with Gasteiger partial charge in [0.25, 0.3) is 0 Å². The molecule has 5 aromatic carbocycles. The smallest absolute Gasteiger partial charge is 0.131 e. The summed E-state index contributed by atoms with van der Waals surface area (Å²) < 4.78 is 1.39. The first-order valence-electron chi connectivity index (χ1n) is 17.2. The summed E-state index contributed by atoms with van der Waals surface area (Å²) in [6.07, 6.45) is 16.4. The molecule has 0 fully saturated rings. The zero-order chi connectivity index (χ0) is 34.1. The highest BCUT2D eigenvalue weighted by Gasteiger charge is 2.11. The largest absolute Gasteiger partial charge is 0.383 e. The van der Waals surface area contributed by atoms with Crippen molar-refractivity contribution in [3.05, 3.63) is 201 Å². The van der Waals surface area contributed by atoms with Crippen LogP contribution >= 0.6 is 11.3 Å². The molecule has 0 unspecified atom stereocenters. The van der Waals surface area contributed by atoms with Gasteiger partial charge < -0.3 is 5.73 Å². The maximum atomic E-state index is 6.53. The minimum Gasteiger partial charge on any atom is -0.383 e. The molecular weight excluding hydrogens is 625 g/mol. The topological polar surface area (TPSA) is 38.4 Å². The van der Waals surface area contributed by atoms with Crippen molar-refractivity contribution < 1.29 is 0 Å². The Morgan fingerprint density at radius 1 is 0.660 bits per heavy atom. The molecule has 0 saturated carbocycles. The van der Waals surface area contributed by atoms with Gasteiger partial charge in [-0.2, -0.15) is 0 Å². The van der Waals surface area contributed by atoms with Crippen molar-refractivity contribution in [3.8, 4) is 22.3 Å². The molecular formula is C47H40N2S.